The number of carbonyl (C=O) groups is 2. The molecular weight excluding hydrogens is 358 g/mol. The van der Waals surface area contributed by atoms with Crippen LogP contribution < -0.4 is 10.6 Å². The van der Waals surface area contributed by atoms with Crippen molar-refractivity contribution >= 4 is 41.3 Å². The first kappa shape index (κ1) is 17.7. The molecule has 134 valence electrons. The van der Waals surface area contributed by atoms with Gasteiger partial charge >= 0.3 is 6.09 Å². The molecule has 0 fully saturated rings. The Bertz CT molecular complexity index is 970. The van der Waals surface area contributed by atoms with Gasteiger partial charge in [-0.2, -0.15) is 0 Å². The average Bonchev–Trinajstić information content (AvgIpc) is 2.99. The summed E-state index contributed by atoms with van der Waals surface area (Å²) in [6, 6.07) is 5.09. The number of hydrogen-bond acceptors (Lipinski definition) is 5. The number of aromatic nitrogens is 3. The van der Waals surface area contributed by atoms with Crippen molar-refractivity contribution in [2.24, 2.45) is 0 Å². The Morgan fingerprint density at radius 3 is 2.85 bits per heavy atom. The standard InChI is InChI=1S/C17H16ClN5O3/c1-10(2)26-17(25)21-12-6-19-16-22-15(8-23(16)7-12)13-5-11(20-9-24)3-4-14(13)18/h3-10H,1-2H3,(H,20,24)(H,21,25). The third-order valence-corrected chi connectivity index (χ3v) is 3.70. The normalized spacial score (nSPS) is 10.8. The highest BCUT2D eigenvalue weighted by Crippen LogP contribution is 2.30. The van der Waals surface area contributed by atoms with Gasteiger partial charge in [0.05, 0.1) is 28.7 Å². The molecule has 1 aromatic carbocycles. The maximum atomic E-state index is 11.7. The zero-order valence-electron chi connectivity index (χ0n) is 14.1. The molecule has 0 atom stereocenters. The van der Waals surface area contributed by atoms with E-state index in [1.807, 2.05) is 0 Å². The molecule has 0 saturated carbocycles. The van der Waals surface area contributed by atoms with Gasteiger partial charge in [-0.25, -0.2) is 14.8 Å². The zero-order valence-corrected chi connectivity index (χ0v) is 14.8. The molecule has 0 saturated heterocycles. The van der Waals surface area contributed by atoms with Crippen molar-refractivity contribution in [2.45, 2.75) is 20.0 Å². The molecule has 0 radical (unpaired) electrons. The van der Waals surface area contributed by atoms with Crippen LogP contribution in [0.5, 0.6) is 0 Å². The molecule has 8 nitrogen and oxygen atoms in total. The largest absolute Gasteiger partial charge is 0.447 e. The monoisotopic (exact) mass is 373 g/mol. The number of rotatable bonds is 5. The van der Waals surface area contributed by atoms with E-state index in [9.17, 15) is 9.59 Å². The third kappa shape index (κ3) is 3.92. The number of benzene rings is 1. The number of nitrogens with zero attached hydrogens (tertiary/aromatic N) is 3. The van der Waals surface area contributed by atoms with Crippen molar-refractivity contribution in [2.75, 3.05) is 10.6 Å². The van der Waals surface area contributed by atoms with Crippen molar-refractivity contribution in [3.05, 3.63) is 41.8 Å². The minimum absolute atomic E-state index is 0.221. The van der Waals surface area contributed by atoms with Gasteiger partial charge < -0.3 is 10.1 Å². The maximum Gasteiger partial charge on any atom is 0.411 e. The minimum atomic E-state index is -0.558. The lowest BCUT2D eigenvalue weighted by Gasteiger charge is -2.09. The summed E-state index contributed by atoms with van der Waals surface area (Å²) < 4.78 is 6.70. The van der Waals surface area contributed by atoms with Gasteiger partial charge in [0, 0.05) is 23.6 Å². The molecule has 9 heteroatoms. The van der Waals surface area contributed by atoms with Crippen LogP contribution in [-0.2, 0) is 9.53 Å². The second-order valence-electron chi connectivity index (χ2n) is 5.71. The first-order valence-corrected chi connectivity index (χ1v) is 8.16. The van der Waals surface area contributed by atoms with E-state index in [4.69, 9.17) is 16.3 Å². The molecule has 0 unspecified atom stereocenters. The molecule has 2 N–H and O–H groups in total. The minimum Gasteiger partial charge on any atom is -0.447 e. The first-order chi connectivity index (χ1) is 12.5. The van der Waals surface area contributed by atoms with Crippen LogP contribution in [0.1, 0.15) is 13.8 Å². The summed E-state index contributed by atoms with van der Waals surface area (Å²) >= 11 is 6.25. The van der Waals surface area contributed by atoms with Crippen LogP contribution in [0.4, 0.5) is 16.2 Å². The zero-order chi connectivity index (χ0) is 18.7. The molecule has 3 rings (SSSR count). The predicted octanol–water partition coefficient (Wildman–Crippen LogP) is 3.57. The highest BCUT2D eigenvalue weighted by atomic mass is 35.5. The Morgan fingerprint density at radius 2 is 2.12 bits per heavy atom. The summed E-state index contributed by atoms with van der Waals surface area (Å²) in [6.07, 6.45) is 4.69. The second-order valence-corrected chi connectivity index (χ2v) is 6.12. The Kier molecular flexibility index (Phi) is 5.04. The summed E-state index contributed by atoms with van der Waals surface area (Å²) in [5.74, 6) is 0.438. The summed E-state index contributed by atoms with van der Waals surface area (Å²) in [6.45, 7) is 3.53. The number of halogens is 1. The van der Waals surface area contributed by atoms with Crippen molar-refractivity contribution in [3.8, 4) is 11.3 Å². The van der Waals surface area contributed by atoms with E-state index in [2.05, 4.69) is 20.6 Å². The van der Waals surface area contributed by atoms with Crippen LogP contribution >= 0.6 is 11.6 Å². The van der Waals surface area contributed by atoms with Gasteiger partial charge in [0.1, 0.15) is 0 Å². The van der Waals surface area contributed by atoms with Gasteiger partial charge in [-0.3, -0.25) is 14.5 Å². The van der Waals surface area contributed by atoms with E-state index in [1.54, 1.807) is 48.8 Å². The van der Waals surface area contributed by atoms with Gasteiger partial charge in [-0.05, 0) is 32.0 Å². The van der Waals surface area contributed by atoms with Crippen LogP contribution in [0.2, 0.25) is 5.02 Å². The molecule has 0 aliphatic heterocycles. The Balaban J connectivity index is 1.91. The van der Waals surface area contributed by atoms with Crippen molar-refractivity contribution in [3.63, 3.8) is 0 Å². The maximum absolute atomic E-state index is 11.7. The van der Waals surface area contributed by atoms with E-state index in [0.717, 1.165) is 0 Å². The Hall–Kier alpha value is -3.13. The van der Waals surface area contributed by atoms with Crippen LogP contribution in [-0.4, -0.2) is 33.0 Å². The summed E-state index contributed by atoms with van der Waals surface area (Å²) in [4.78, 5) is 30.9. The van der Waals surface area contributed by atoms with Crippen molar-refractivity contribution < 1.29 is 14.3 Å². The smallest absolute Gasteiger partial charge is 0.411 e. The van der Waals surface area contributed by atoms with Crippen molar-refractivity contribution in [1.29, 1.82) is 0 Å². The van der Waals surface area contributed by atoms with E-state index in [-0.39, 0.29) is 6.10 Å². The third-order valence-electron chi connectivity index (χ3n) is 3.37. The van der Waals surface area contributed by atoms with E-state index < -0.39 is 6.09 Å². The topological polar surface area (TPSA) is 97.6 Å². The lowest BCUT2D eigenvalue weighted by atomic mass is 10.1. The van der Waals surface area contributed by atoms with E-state index in [0.29, 0.717) is 39.8 Å². The van der Waals surface area contributed by atoms with Gasteiger partial charge in [0.15, 0.2) is 0 Å². The molecule has 0 bridgehead atoms. The molecule has 2 aromatic heterocycles. The number of amides is 2. The predicted molar refractivity (Wildman–Crippen MR) is 98.4 cm³/mol. The molecule has 2 heterocycles. The highest BCUT2D eigenvalue weighted by molar-refractivity contribution is 6.33. The summed E-state index contributed by atoms with van der Waals surface area (Å²) in [5.41, 5.74) is 2.30. The van der Waals surface area contributed by atoms with Crippen LogP contribution in [0.3, 0.4) is 0 Å². The van der Waals surface area contributed by atoms with Gasteiger partial charge in [-0.1, -0.05) is 11.6 Å². The quantitative estimate of drug-likeness (QED) is 0.666. The molecule has 26 heavy (non-hydrogen) atoms. The number of carbonyl (C=O) groups excluding carboxylic acids is 2. The van der Waals surface area contributed by atoms with Gasteiger partial charge in [-0.15, -0.1) is 0 Å². The van der Waals surface area contributed by atoms with Crippen molar-refractivity contribution in [1.82, 2.24) is 14.4 Å². The fourth-order valence-electron chi connectivity index (χ4n) is 2.32. The lowest BCUT2D eigenvalue weighted by molar-refractivity contribution is -0.105. The molecule has 0 aliphatic rings. The van der Waals surface area contributed by atoms with Gasteiger partial charge in [0.25, 0.3) is 0 Å². The molecule has 3 aromatic rings. The Labute approximate surface area is 154 Å². The molecular formula is C17H16ClN5O3. The van der Waals surface area contributed by atoms with Crippen LogP contribution in [0, 0.1) is 0 Å². The highest BCUT2D eigenvalue weighted by Gasteiger charge is 2.12. The summed E-state index contributed by atoms with van der Waals surface area (Å²) in [5, 5.41) is 5.67. The number of ether oxygens (including phenoxy) is 1. The SMILES string of the molecule is CC(C)OC(=O)Nc1cnc2nc(-c3cc(NC=O)ccc3Cl)cn2c1. The number of hydrogen-bond donors (Lipinski definition) is 2. The van der Waals surface area contributed by atoms with Gasteiger partial charge in [0.2, 0.25) is 12.2 Å². The number of imidazole rings is 1. The lowest BCUT2D eigenvalue weighted by Crippen LogP contribution is -2.18. The Morgan fingerprint density at radius 1 is 1.31 bits per heavy atom. The molecule has 0 aliphatic carbocycles. The number of fused-ring (bicyclic) bond motifs is 1. The van der Waals surface area contributed by atoms with Crippen LogP contribution in [0.25, 0.3) is 17.0 Å². The number of nitrogens with one attached hydrogen (secondary N) is 2. The van der Waals surface area contributed by atoms with Crippen LogP contribution in [0.15, 0.2) is 36.8 Å². The summed E-state index contributed by atoms with van der Waals surface area (Å²) in [7, 11) is 0. The average molecular weight is 374 g/mol. The van der Waals surface area contributed by atoms with E-state index in [1.165, 1.54) is 6.20 Å². The van der Waals surface area contributed by atoms with E-state index >= 15 is 0 Å². The molecule has 0 spiro atoms. The molecule has 2 amide bonds. The first-order valence-electron chi connectivity index (χ1n) is 7.79. The second kappa shape index (κ2) is 7.40. The fourth-order valence-corrected chi connectivity index (χ4v) is 2.53. The number of anilines is 2. The fraction of sp³-hybridized carbons (Fsp3) is 0.176.